The van der Waals surface area contributed by atoms with Crippen LogP contribution in [0.3, 0.4) is 0 Å². The van der Waals surface area contributed by atoms with Crippen LogP contribution in [0, 0.1) is 0 Å². The van der Waals surface area contributed by atoms with E-state index in [1.165, 1.54) is 5.69 Å². The summed E-state index contributed by atoms with van der Waals surface area (Å²) in [6.45, 7) is 11.4. The number of hydrogen-bond donors (Lipinski definition) is 1. The Morgan fingerprint density at radius 2 is 1.29 bits per heavy atom. The van der Waals surface area contributed by atoms with Gasteiger partial charge in [0.15, 0.2) is 19.5 Å². The maximum atomic E-state index is 5.85. The summed E-state index contributed by atoms with van der Waals surface area (Å²) in [5.74, 6) is 0. The zero-order valence-corrected chi connectivity index (χ0v) is 19.2. The van der Waals surface area contributed by atoms with E-state index in [1.54, 1.807) is 0 Å². The largest absolute Gasteiger partial charge is 0.427 e. The maximum Gasteiger partial charge on any atom is 0.166 e. The molecule has 0 aliphatic carbocycles. The third kappa shape index (κ3) is 7.83. The molecule has 0 aromatic heterocycles. The molecule has 0 amide bonds. The van der Waals surface area contributed by atoms with Crippen LogP contribution in [0.15, 0.2) is 24.3 Å². The molecule has 0 fully saturated rings. The number of nitrogen functional groups attached to an aromatic ring is 1. The van der Waals surface area contributed by atoms with Gasteiger partial charge in [0, 0.05) is 38.7 Å². The molecule has 0 atom stereocenters. The number of rotatable bonds is 11. The smallest absolute Gasteiger partial charge is 0.166 e. The summed E-state index contributed by atoms with van der Waals surface area (Å²) < 4.78 is 11.0. The summed E-state index contributed by atoms with van der Waals surface area (Å²) in [6, 6.07) is 8.26. The van der Waals surface area contributed by atoms with Crippen LogP contribution in [0.1, 0.15) is 40.5 Å². The lowest BCUT2D eigenvalue weighted by molar-refractivity contribution is 0.396. The average Bonchev–Trinajstić information content (AvgIpc) is 2.48. The van der Waals surface area contributed by atoms with Crippen molar-refractivity contribution in [1.29, 1.82) is 0 Å². The van der Waals surface area contributed by atoms with Gasteiger partial charge in [0.05, 0.1) is 0 Å². The van der Waals surface area contributed by atoms with E-state index in [9.17, 15) is 0 Å². The van der Waals surface area contributed by atoms with Gasteiger partial charge < -0.3 is 19.5 Å². The molecule has 0 aliphatic rings. The first kappa shape index (κ1) is 21.2. The van der Waals surface area contributed by atoms with Crippen LogP contribution in [-0.2, 0) is 8.85 Å². The molecule has 0 heterocycles. The Morgan fingerprint density at radius 1 is 0.875 bits per heavy atom. The molecular weight excluding hydrogens is 332 g/mol. The summed E-state index contributed by atoms with van der Waals surface area (Å²) >= 11 is 0. The Hall–Kier alpha value is -0.826. The fourth-order valence-electron chi connectivity index (χ4n) is 2.86. The molecule has 0 bridgehead atoms. The van der Waals surface area contributed by atoms with E-state index in [2.05, 4.69) is 44.7 Å². The highest BCUT2D eigenvalue weighted by Gasteiger charge is 2.23. The topological polar surface area (TPSA) is 47.7 Å². The highest BCUT2D eigenvalue weighted by Crippen LogP contribution is 2.32. The van der Waals surface area contributed by atoms with Crippen LogP contribution in [0.5, 0.6) is 0 Å². The predicted octanol–water partition coefficient (Wildman–Crippen LogP) is 2.71. The molecule has 1 rings (SSSR count). The minimum absolute atomic E-state index is 0.317. The quantitative estimate of drug-likeness (QED) is 0.482. The Bertz CT molecular complexity index is 456. The molecule has 0 saturated heterocycles. The maximum absolute atomic E-state index is 5.85. The van der Waals surface area contributed by atoms with E-state index in [-0.39, 0.29) is 0 Å². The molecule has 0 aliphatic heterocycles. The molecule has 1 aromatic rings. The molecule has 2 N–H and O–H groups in total. The van der Waals surface area contributed by atoms with Crippen molar-refractivity contribution in [3.05, 3.63) is 24.3 Å². The van der Waals surface area contributed by atoms with E-state index < -0.39 is 19.5 Å². The number of benzene rings is 1. The summed E-state index contributed by atoms with van der Waals surface area (Å²) in [5.41, 5.74) is 7.93. The highest BCUT2D eigenvalue weighted by atomic mass is 28.2. The second kappa shape index (κ2) is 9.60. The van der Waals surface area contributed by atoms with Crippen molar-refractivity contribution in [2.75, 3.05) is 37.9 Å². The first-order chi connectivity index (χ1) is 11.2. The normalized spacial score (nSPS) is 13.4. The van der Waals surface area contributed by atoms with E-state index in [0.717, 1.165) is 31.6 Å². The Balaban J connectivity index is 2.78. The second-order valence-electron chi connectivity index (χ2n) is 8.27. The number of nitrogens with two attached hydrogens (primary N) is 1. The second-order valence-corrected chi connectivity index (χ2v) is 13.8. The molecule has 138 valence electrons. The lowest BCUT2D eigenvalue weighted by Gasteiger charge is -2.33. The van der Waals surface area contributed by atoms with E-state index in [4.69, 9.17) is 14.6 Å². The zero-order chi connectivity index (χ0) is 18.2. The van der Waals surface area contributed by atoms with Crippen LogP contribution in [0.4, 0.5) is 11.4 Å². The molecule has 0 saturated carbocycles. The molecule has 1 aromatic carbocycles. The van der Waals surface area contributed by atoms with Crippen LogP contribution >= 0.6 is 0 Å². The number of hydrogen-bond acceptors (Lipinski definition) is 4. The first-order valence-corrected chi connectivity index (χ1v) is 11.3. The van der Waals surface area contributed by atoms with Gasteiger partial charge in [-0.1, -0.05) is 27.7 Å². The van der Waals surface area contributed by atoms with Gasteiger partial charge in [-0.2, -0.15) is 0 Å². The zero-order valence-electron chi connectivity index (χ0n) is 16.4. The fourth-order valence-corrected chi connectivity index (χ4v) is 5.02. The number of nitrogens with zero attached hydrogens (tertiary/aromatic N) is 1. The van der Waals surface area contributed by atoms with Crippen molar-refractivity contribution >= 4 is 30.9 Å². The van der Waals surface area contributed by atoms with Crippen molar-refractivity contribution in [3.63, 3.8) is 0 Å². The van der Waals surface area contributed by atoms with Gasteiger partial charge in [-0.05, 0) is 47.2 Å². The van der Waals surface area contributed by atoms with Crippen molar-refractivity contribution < 1.29 is 8.85 Å². The summed E-state index contributed by atoms with van der Waals surface area (Å²) in [5, 5.41) is 0.634. The van der Waals surface area contributed by atoms with Crippen LogP contribution in [-0.4, -0.2) is 46.8 Å². The van der Waals surface area contributed by atoms with E-state index >= 15 is 0 Å². The van der Waals surface area contributed by atoms with Crippen molar-refractivity contribution in [3.8, 4) is 0 Å². The van der Waals surface area contributed by atoms with Gasteiger partial charge in [0.1, 0.15) is 0 Å². The molecule has 0 radical (unpaired) electrons. The molecule has 4 nitrogen and oxygen atoms in total. The van der Waals surface area contributed by atoms with Crippen LogP contribution in [0.2, 0.25) is 10.1 Å². The lowest BCUT2D eigenvalue weighted by Crippen LogP contribution is -2.32. The minimum Gasteiger partial charge on any atom is -0.427 e. The first-order valence-electron chi connectivity index (χ1n) is 8.77. The Morgan fingerprint density at radius 3 is 1.67 bits per heavy atom. The van der Waals surface area contributed by atoms with E-state index in [1.807, 2.05) is 26.4 Å². The van der Waals surface area contributed by atoms with Gasteiger partial charge in [-0.25, -0.2) is 0 Å². The Kier molecular flexibility index (Phi) is 8.49. The molecular formula is C18H36N2O2Si2. The van der Waals surface area contributed by atoms with Gasteiger partial charge in [-0.3, -0.25) is 0 Å². The van der Waals surface area contributed by atoms with Crippen molar-refractivity contribution in [2.45, 2.75) is 50.6 Å². The van der Waals surface area contributed by atoms with E-state index in [0.29, 0.717) is 10.1 Å². The lowest BCUT2D eigenvalue weighted by atomic mass is 10.1. The van der Waals surface area contributed by atoms with Gasteiger partial charge in [0.25, 0.3) is 0 Å². The molecule has 6 heteroatoms. The predicted molar refractivity (Wildman–Crippen MR) is 111 cm³/mol. The van der Waals surface area contributed by atoms with Gasteiger partial charge in [0.2, 0.25) is 0 Å². The molecule has 0 unspecified atom stereocenters. The average molecular weight is 369 g/mol. The third-order valence-electron chi connectivity index (χ3n) is 4.45. The molecule has 24 heavy (non-hydrogen) atoms. The number of anilines is 2. The Labute approximate surface area is 153 Å². The van der Waals surface area contributed by atoms with Crippen molar-refractivity contribution in [1.82, 2.24) is 0 Å². The van der Waals surface area contributed by atoms with Crippen LogP contribution < -0.4 is 10.6 Å². The monoisotopic (exact) mass is 368 g/mol. The molecule has 0 spiro atoms. The third-order valence-corrected chi connectivity index (χ3v) is 7.29. The summed E-state index contributed by atoms with van der Waals surface area (Å²) in [7, 11) is 2.70. The highest BCUT2D eigenvalue weighted by molar-refractivity contribution is 6.32. The fraction of sp³-hybridized carbons (Fsp3) is 0.667. The SMILES string of the molecule is CO[SiH2]C(C)(C)CCN(CCC(C)(C)[SiH2]OC)c1ccc(N)cc1. The van der Waals surface area contributed by atoms with Crippen molar-refractivity contribution in [2.24, 2.45) is 0 Å². The summed E-state index contributed by atoms with van der Waals surface area (Å²) in [6.07, 6.45) is 2.30. The summed E-state index contributed by atoms with van der Waals surface area (Å²) in [4.78, 5) is 2.50. The van der Waals surface area contributed by atoms with Gasteiger partial charge in [-0.15, -0.1) is 0 Å². The standard InChI is InChI=1S/C18H36N2O2Si2/c1-17(2,23-21-5)11-13-20(14-12-18(3,4)24-22-6)16-9-7-15(19)8-10-16/h7-10H,11-14,19,23-24H2,1-6H3. The van der Waals surface area contributed by atoms with Crippen LogP contribution in [0.25, 0.3) is 0 Å². The van der Waals surface area contributed by atoms with Gasteiger partial charge >= 0.3 is 0 Å². The minimum atomic E-state index is -0.489.